The summed E-state index contributed by atoms with van der Waals surface area (Å²) in [6, 6.07) is 16.1. The van der Waals surface area contributed by atoms with Gasteiger partial charge in [0, 0.05) is 18.8 Å². The van der Waals surface area contributed by atoms with Crippen LogP contribution in [0.1, 0.15) is 37.0 Å². The van der Waals surface area contributed by atoms with E-state index in [1.807, 2.05) is 55.5 Å². The van der Waals surface area contributed by atoms with Gasteiger partial charge in [-0.05, 0) is 42.5 Å². The van der Waals surface area contributed by atoms with Gasteiger partial charge in [-0.25, -0.2) is 4.79 Å². The molecule has 0 aliphatic heterocycles. The van der Waals surface area contributed by atoms with Crippen molar-refractivity contribution in [3.8, 4) is 0 Å². The summed E-state index contributed by atoms with van der Waals surface area (Å²) < 4.78 is 0. The van der Waals surface area contributed by atoms with Crippen molar-refractivity contribution >= 4 is 23.4 Å². The third kappa shape index (κ3) is 7.08. The Bertz CT molecular complexity index is 965. The molecule has 0 heterocycles. The second-order valence-corrected chi connectivity index (χ2v) is 7.57. The number of carbonyl (C=O) groups is 3. The minimum Gasteiger partial charge on any atom is -0.550 e. The number of amides is 1. The molecule has 0 spiro atoms. The summed E-state index contributed by atoms with van der Waals surface area (Å²) in [6.07, 6.45) is 1.59. The molecule has 5 N–H and O–H groups in total. The molecule has 2 atom stereocenters. The number of carboxylic acid groups (broad SMARTS) is 2. The first-order chi connectivity index (χ1) is 14.7. The molecule has 0 radical (unpaired) electrons. The molecule has 164 valence electrons. The normalized spacial score (nSPS) is 14.0. The van der Waals surface area contributed by atoms with Crippen LogP contribution in [0.15, 0.2) is 60.2 Å². The zero-order valence-corrected chi connectivity index (χ0v) is 17.8. The minimum atomic E-state index is -1.08. The standard InChI is InChI=1S/C22H24N2O3.C2H4O2/c1-14-11-16-9-5-6-10-17(16)18(14)13-20(22(26)27)24-21(25)19(23)12-15-7-3-2-4-8-15;1-2(3)4/h2-10,19-20H,11-13,23H2,1H3,(H,24,25)(H,26,27);1H3,(H,3,4)/t19-,20-;/m0./s1. The summed E-state index contributed by atoms with van der Waals surface area (Å²) in [5, 5.41) is 21.2. The van der Waals surface area contributed by atoms with Crippen LogP contribution in [0.3, 0.4) is 0 Å². The molecule has 0 fully saturated rings. The molecule has 0 saturated heterocycles. The highest BCUT2D eigenvalue weighted by Gasteiger charge is 2.29. The van der Waals surface area contributed by atoms with Crippen LogP contribution in [-0.4, -0.2) is 35.0 Å². The van der Waals surface area contributed by atoms with Gasteiger partial charge in [0.05, 0.1) is 0 Å². The first-order valence-corrected chi connectivity index (χ1v) is 10.0. The Morgan fingerprint density at radius 3 is 2.26 bits per heavy atom. The average molecular weight is 424 g/mol. The van der Waals surface area contributed by atoms with Crippen molar-refractivity contribution in [3.05, 3.63) is 76.9 Å². The van der Waals surface area contributed by atoms with Crippen LogP contribution in [0.5, 0.6) is 0 Å². The second kappa shape index (κ2) is 11.1. The zero-order valence-electron chi connectivity index (χ0n) is 17.8. The topological polar surface area (TPSA) is 134 Å². The van der Waals surface area contributed by atoms with E-state index < -0.39 is 24.0 Å². The van der Waals surface area contributed by atoms with Gasteiger partial charge in [0.15, 0.2) is 6.04 Å². The van der Waals surface area contributed by atoms with Crippen LogP contribution in [0.2, 0.25) is 0 Å². The van der Waals surface area contributed by atoms with Crippen LogP contribution >= 0.6 is 0 Å². The van der Waals surface area contributed by atoms with Gasteiger partial charge in [-0.2, -0.15) is 0 Å². The molecular formula is C24H28N2O5. The SMILES string of the molecule is CC(=O)[O-].CC1=C(C[C@H](NC(=O)[C@@H]([NH3+])Cc2ccccc2)C(=O)O)c2ccccc2C1. The molecule has 0 unspecified atom stereocenters. The lowest BCUT2D eigenvalue weighted by molar-refractivity contribution is -0.403. The summed E-state index contributed by atoms with van der Waals surface area (Å²) in [5.41, 5.74) is 9.39. The summed E-state index contributed by atoms with van der Waals surface area (Å²) in [4.78, 5) is 33.2. The quantitative estimate of drug-likeness (QED) is 0.598. The van der Waals surface area contributed by atoms with Crippen molar-refractivity contribution in [2.45, 2.75) is 45.2 Å². The lowest BCUT2D eigenvalue weighted by Gasteiger charge is -2.18. The minimum absolute atomic E-state index is 0.280. The maximum atomic E-state index is 12.5. The van der Waals surface area contributed by atoms with Gasteiger partial charge in [-0.1, -0.05) is 60.2 Å². The van der Waals surface area contributed by atoms with Crippen molar-refractivity contribution in [1.29, 1.82) is 0 Å². The number of carbonyl (C=O) groups excluding carboxylic acids is 2. The Morgan fingerprint density at radius 2 is 1.65 bits per heavy atom. The summed E-state index contributed by atoms with van der Waals surface area (Å²) in [7, 11) is 0. The molecule has 7 heteroatoms. The molecular weight excluding hydrogens is 396 g/mol. The van der Waals surface area contributed by atoms with Gasteiger partial charge in [0.2, 0.25) is 0 Å². The Morgan fingerprint density at radius 1 is 1.06 bits per heavy atom. The van der Waals surface area contributed by atoms with Crippen molar-refractivity contribution in [3.63, 3.8) is 0 Å². The molecule has 2 aromatic rings. The predicted molar refractivity (Wildman–Crippen MR) is 114 cm³/mol. The fourth-order valence-corrected chi connectivity index (χ4v) is 3.56. The van der Waals surface area contributed by atoms with Crippen LogP contribution in [0.4, 0.5) is 0 Å². The van der Waals surface area contributed by atoms with Crippen molar-refractivity contribution in [2.24, 2.45) is 0 Å². The highest BCUT2D eigenvalue weighted by Crippen LogP contribution is 2.35. The van der Waals surface area contributed by atoms with E-state index in [-0.39, 0.29) is 12.3 Å². The number of carboxylic acids is 2. The van der Waals surface area contributed by atoms with Gasteiger partial charge >= 0.3 is 5.97 Å². The van der Waals surface area contributed by atoms with E-state index in [2.05, 4.69) is 17.1 Å². The smallest absolute Gasteiger partial charge is 0.326 e. The van der Waals surface area contributed by atoms with E-state index in [0.717, 1.165) is 35.6 Å². The molecule has 1 aliphatic carbocycles. The van der Waals surface area contributed by atoms with Crippen molar-refractivity contribution in [2.75, 3.05) is 0 Å². The lowest BCUT2D eigenvalue weighted by Crippen LogP contribution is -2.69. The van der Waals surface area contributed by atoms with Crippen molar-refractivity contribution in [1.82, 2.24) is 5.32 Å². The maximum absolute atomic E-state index is 12.5. The summed E-state index contributed by atoms with van der Waals surface area (Å²) >= 11 is 0. The van der Waals surface area contributed by atoms with E-state index in [4.69, 9.17) is 9.90 Å². The Balaban J connectivity index is 0.000000785. The van der Waals surface area contributed by atoms with Gasteiger partial charge in [-0.3, -0.25) is 4.79 Å². The number of hydrogen-bond donors (Lipinski definition) is 3. The fourth-order valence-electron chi connectivity index (χ4n) is 3.56. The maximum Gasteiger partial charge on any atom is 0.326 e. The van der Waals surface area contributed by atoms with Gasteiger partial charge in [0.1, 0.15) is 6.04 Å². The third-order valence-electron chi connectivity index (χ3n) is 5.03. The van der Waals surface area contributed by atoms with Gasteiger partial charge < -0.3 is 26.1 Å². The van der Waals surface area contributed by atoms with Crippen LogP contribution in [0.25, 0.3) is 5.57 Å². The monoisotopic (exact) mass is 424 g/mol. The van der Waals surface area contributed by atoms with Crippen molar-refractivity contribution < 1.29 is 30.3 Å². The molecule has 1 amide bonds. The fraction of sp³-hybridized carbons (Fsp3) is 0.292. The Labute approximate surface area is 181 Å². The Kier molecular flexibility index (Phi) is 8.52. The lowest BCUT2D eigenvalue weighted by atomic mass is 9.98. The second-order valence-electron chi connectivity index (χ2n) is 7.57. The highest BCUT2D eigenvalue weighted by atomic mass is 16.4. The first-order valence-electron chi connectivity index (χ1n) is 10.0. The number of quaternary nitrogens is 1. The molecule has 0 bridgehead atoms. The zero-order chi connectivity index (χ0) is 23.0. The van der Waals surface area contributed by atoms with Crippen LogP contribution in [-0.2, 0) is 27.2 Å². The molecule has 0 aromatic heterocycles. The molecule has 1 aliphatic rings. The van der Waals surface area contributed by atoms with E-state index in [1.165, 1.54) is 5.56 Å². The highest BCUT2D eigenvalue weighted by molar-refractivity contribution is 5.88. The number of fused-ring (bicyclic) bond motifs is 1. The largest absolute Gasteiger partial charge is 0.550 e. The molecule has 7 nitrogen and oxygen atoms in total. The number of benzene rings is 2. The number of aliphatic carboxylic acids is 2. The number of rotatable bonds is 7. The number of nitrogens with one attached hydrogen (secondary N) is 1. The molecule has 2 aromatic carbocycles. The van der Waals surface area contributed by atoms with E-state index in [9.17, 15) is 14.7 Å². The summed E-state index contributed by atoms with van der Waals surface area (Å²) in [5.74, 6) is -2.45. The van der Waals surface area contributed by atoms with Gasteiger partial charge in [0.25, 0.3) is 5.91 Å². The van der Waals surface area contributed by atoms with E-state index in [1.54, 1.807) is 0 Å². The van der Waals surface area contributed by atoms with E-state index in [0.29, 0.717) is 6.42 Å². The predicted octanol–water partition coefficient (Wildman–Crippen LogP) is 0.585. The molecule has 0 saturated carbocycles. The first kappa shape index (κ1) is 23.8. The Hall–Kier alpha value is -3.45. The van der Waals surface area contributed by atoms with Gasteiger partial charge in [-0.15, -0.1) is 0 Å². The average Bonchev–Trinajstić information content (AvgIpc) is 3.02. The number of hydrogen-bond acceptors (Lipinski definition) is 4. The summed E-state index contributed by atoms with van der Waals surface area (Å²) in [6.45, 7) is 3.00. The number of allylic oxidation sites excluding steroid dienone is 1. The van der Waals surface area contributed by atoms with Crippen LogP contribution in [0, 0.1) is 0 Å². The molecule has 31 heavy (non-hydrogen) atoms. The van der Waals surface area contributed by atoms with Crippen LogP contribution < -0.4 is 16.2 Å². The van der Waals surface area contributed by atoms with E-state index >= 15 is 0 Å². The third-order valence-corrected chi connectivity index (χ3v) is 5.03. The molecule has 3 rings (SSSR count).